The molecule has 0 N–H and O–H groups in total. The minimum absolute atomic E-state index is 0.227. The third-order valence-electron chi connectivity index (χ3n) is 4.56. The molecule has 0 amide bonds. The monoisotopic (exact) mass is 326 g/mol. The van der Waals surface area contributed by atoms with E-state index in [0.29, 0.717) is 0 Å². The lowest BCUT2D eigenvalue weighted by Crippen LogP contribution is -2.61. The summed E-state index contributed by atoms with van der Waals surface area (Å²) in [6.45, 7) is 16.6. The SMILES string of the molecule is CCCN(CCC)C(CC)(C/C=C/C[SiH3])N(CCC)CCC. The number of nitrogens with zero attached hydrogens (tertiary/aromatic N) is 2. The van der Waals surface area contributed by atoms with Crippen molar-refractivity contribution in [3.63, 3.8) is 0 Å². The Labute approximate surface area is 143 Å². The maximum Gasteiger partial charge on any atom is 0.0770 e. The fourth-order valence-electron chi connectivity index (χ4n) is 3.62. The molecule has 0 aromatic rings. The zero-order valence-electron chi connectivity index (χ0n) is 16.3. The van der Waals surface area contributed by atoms with Gasteiger partial charge in [0.15, 0.2) is 0 Å². The van der Waals surface area contributed by atoms with E-state index >= 15 is 0 Å². The van der Waals surface area contributed by atoms with Crippen molar-refractivity contribution in [1.82, 2.24) is 9.80 Å². The van der Waals surface area contributed by atoms with Gasteiger partial charge in [-0.3, -0.25) is 9.80 Å². The highest BCUT2D eigenvalue weighted by atomic mass is 28.1. The van der Waals surface area contributed by atoms with Gasteiger partial charge in [0.25, 0.3) is 0 Å². The summed E-state index contributed by atoms with van der Waals surface area (Å²) in [6.07, 6.45) is 12.3. The molecule has 0 atom stereocenters. The first-order chi connectivity index (χ1) is 10.7. The Morgan fingerprint density at radius 2 is 1.14 bits per heavy atom. The standard InChI is InChI=1S/C19H42N2Si/c1-6-14-20(15-7-2)19(10-5,13-11-12-18-22)21(16-8-3)17-9-4/h11-12H,6-10,13-18H2,1-5,22H3/b12-11+. The average molecular weight is 327 g/mol. The summed E-state index contributed by atoms with van der Waals surface area (Å²) in [4.78, 5) is 5.57. The lowest BCUT2D eigenvalue weighted by molar-refractivity contribution is -0.0626. The molecule has 0 aliphatic heterocycles. The van der Waals surface area contributed by atoms with Crippen LogP contribution in [0.15, 0.2) is 12.2 Å². The third-order valence-corrected chi connectivity index (χ3v) is 5.04. The number of hydrogen-bond acceptors (Lipinski definition) is 2. The minimum Gasteiger partial charge on any atom is -0.285 e. The van der Waals surface area contributed by atoms with E-state index in [1.54, 1.807) is 0 Å². The normalized spacial score (nSPS) is 13.0. The zero-order chi connectivity index (χ0) is 16.8. The van der Waals surface area contributed by atoms with E-state index < -0.39 is 0 Å². The van der Waals surface area contributed by atoms with Crippen molar-refractivity contribution in [3.05, 3.63) is 12.2 Å². The quantitative estimate of drug-likeness (QED) is 0.270. The second-order valence-electron chi connectivity index (χ2n) is 6.39. The highest BCUT2D eigenvalue weighted by Gasteiger charge is 2.38. The molecule has 132 valence electrons. The molecule has 0 unspecified atom stereocenters. The third kappa shape index (κ3) is 6.55. The molecular formula is C19H42N2Si. The molecule has 0 spiro atoms. The molecule has 0 rings (SSSR count). The fraction of sp³-hybridized carbons (Fsp3) is 0.895. The van der Waals surface area contributed by atoms with Crippen molar-refractivity contribution in [1.29, 1.82) is 0 Å². The van der Waals surface area contributed by atoms with Gasteiger partial charge < -0.3 is 0 Å². The largest absolute Gasteiger partial charge is 0.285 e. The van der Waals surface area contributed by atoms with E-state index in [9.17, 15) is 0 Å². The summed E-state index contributed by atoms with van der Waals surface area (Å²) in [5.74, 6) is 0. The van der Waals surface area contributed by atoms with Gasteiger partial charge in [-0.15, -0.1) is 0 Å². The first-order valence-corrected chi connectivity index (χ1v) is 11.2. The van der Waals surface area contributed by atoms with Crippen LogP contribution in [0, 0.1) is 0 Å². The first-order valence-electron chi connectivity index (χ1n) is 9.81. The summed E-state index contributed by atoms with van der Waals surface area (Å²) >= 11 is 0. The van der Waals surface area contributed by atoms with Gasteiger partial charge in [0, 0.05) is 10.2 Å². The highest BCUT2D eigenvalue weighted by Crippen LogP contribution is 2.30. The van der Waals surface area contributed by atoms with E-state index in [1.165, 1.54) is 81.0 Å². The van der Waals surface area contributed by atoms with Crippen LogP contribution in [0.1, 0.15) is 73.1 Å². The molecular weight excluding hydrogens is 284 g/mol. The molecule has 2 nitrogen and oxygen atoms in total. The van der Waals surface area contributed by atoms with Crippen molar-refractivity contribution < 1.29 is 0 Å². The number of rotatable bonds is 14. The van der Waals surface area contributed by atoms with Gasteiger partial charge in [-0.2, -0.15) is 0 Å². The summed E-state index contributed by atoms with van der Waals surface area (Å²) in [6, 6.07) is 1.28. The van der Waals surface area contributed by atoms with Crippen LogP contribution in [-0.2, 0) is 0 Å². The smallest absolute Gasteiger partial charge is 0.0770 e. The topological polar surface area (TPSA) is 6.48 Å². The molecule has 0 radical (unpaired) electrons. The van der Waals surface area contributed by atoms with Gasteiger partial charge in [-0.1, -0.05) is 46.8 Å². The number of allylic oxidation sites excluding steroid dienone is 1. The Balaban J connectivity index is 5.55. The van der Waals surface area contributed by atoms with Crippen molar-refractivity contribution in [3.8, 4) is 0 Å². The van der Waals surface area contributed by atoms with E-state index in [0.717, 1.165) is 0 Å². The molecule has 22 heavy (non-hydrogen) atoms. The Hall–Kier alpha value is -0.123. The second kappa shape index (κ2) is 13.3. The van der Waals surface area contributed by atoms with Crippen molar-refractivity contribution in [2.45, 2.75) is 84.9 Å². The molecule has 0 bridgehead atoms. The molecule has 0 heterocycles. The molecule has 0 fully saturated rings. The van der Waals surface area contributed by atoms with Crippen molar-refractivity contribution in [2.24, 2.45) is 0 Å². The maximum atomic E-state index is 2.79. The summed E-state index contributed by atoms with van der Waals surface area (Å²) in [5, 5.41) is 0. The van der Waals surface area contributed by atoms with Gasteiger partial charge in [-0.25, -0.2) is 0 Å². The lowest BCUT2D eigenvalue weighted by atomic mass is 9.95. The van der Waals surface area contributed by atoms with Crippen LogP contribution < -0.4 is 0 Å². The van der Waals surface area contributed by atoms with Gasteiger partial charge in [0.05, 0.1) is 5.66 Å². The predicted molar refractivity (Wildman–Crippen MR) is 106 cm³/mol. The summed E-state index contributed by atoms with van der Waals surface area (Å²) in [5.41, 5.74) is 0.227. The summed E-state index contributed by atoms with van der Waals surface area (Å²) < 4.78 is 0. The molecule has 0 saturated carbocycles. The molecule has 0 saturated heterocycles. The van der Waals surface area contributed by atoms with Crippen molar-refractivity contribution >= 4 is 10.2 Å². The van der Waals surface area contributed by atoms with E-state index in [-0.39, 0.29) is 5.66 Å². The Kier molecular flexibility index (Phi) is 13.3. The minimum atomic E-state index is 0.227. The molecule has 0 aromatic carbocycles. The number of hydrogen-bond donors (Lipinski definition) is 0. The average Bonchev–Trinajstić information content (AvgIpc) is 2.52. The van der Waals surface area contributed by atoms with Crippen LogP contribution in [-0.4, -0.2) is 51.9 Å². The van der Waals surface area contributed by atoms with Gasteiger partial charge in [0.1, 0.15) is 0 Å². The first kappa shape index (κ1) is 21.9. The van der Waals surface area contributed by atoms with E-state index in [1.807, 2.05) is 0 Å². The predicted octanol–water partition coefficient (Wildman–Crippen LogP) is 4.07. The van der Waals surface area contributed by atoms with Gasteiger partial charge in [-0.05, 0) is 70.7 Å². The van der Waals surface area contributed by atoms with Crippen LogP contribution >= 0.6 is 0 Å². The Morgan fingerprint density at radius 3 is 1.41 bits per heavy atom. The van der Waals surface area contributed by atoms with E-state index in [2.05, 4.69) is 56.6 Å². The Morgan fingerprint density at radius 1 is 0.727 bits per heavy atom. The van der Waals surface area contributed by atoms with Gasteiger partial charge >= 0.3 is 0 Å². The maximum absolute atomic E-state index is 2.79. The zero-order valence-corrected chi connectivity index (χ0v) is 18.3. The van der Waals surface area contributed by atoms with Crippen LogP contribution in [0.3, 0.4) is 0 Å². The van der Waals surface area contributed by atoms with Crippen LogP contribution in [0.5, 0.6) is 0 Å². The summed E-state index contributed by atoms with van der Waals surface area (Å²) in [7, 11) is 1.28. The second-order valence-corrected chi connectivity index (χ2v) is 7.21. The molecule has 0 aromatic heterocycles. The molecule has 3 heteroatoms. The fourth-order valence-corrected chi connectivity index (χ4v) is 3.96. The highest BCUT2D eigenvalue weighted by molar-refractivity contribution is 6.09. The molecule has 0 aliphatic rings. The Bertz CT molecular complexity index is 251. The van der Waals surface area contributed by atoms with Crippen LogP contribution in [0.25, 0.3) is 0 Å². The van der Waals surface area contributed by atoms with Crippen molar-refractivity contribution in [2.75, 3.05) is 26.2 Å². The lowest BCUT2D eigenvalue weighted by Gasteiger charge is -2.51. The van der Waals surface area contributed by atoms with E-state index in [4.69, 9.17) is 0 Å². The molecule has 0 aliphatic carbocycles. The van der Waals surface area contributed by atoms with Crippen LogP contribution in [0.2, 0.25) is 6.04 Å². The van der Waals surface area contributed by atoms with Gasteiger partial charge in [0.2, 0.25) is 0 Å². The van der Waals surface area contributed by atoms with Crippen LogP contribution in [0.4, 0.5) is 0 Å².